The molecule has 0 aliphatic rings. The van der Waals surface area contributed by atoms with E-state index < -0.39 is 5.97 Å². The Labute approximate surface area is 158 Å². The zero-order valence-electron chi connectivity index (χ0n) is 14.7. The molecule has 134 valence electrons. The third-order valence-corrected chi connectivity index (χ3v) is 3.50. The van der Waals surface area contributed by atoms with E-state index in [4.69, 9.17) is 5.11 Å². The number of carboxylic acid groups (broad SMARTS) is 1. The van der Waals surface area contributed by atoms with Gasteiger partial charge in [-0.05, 0) is 23.3 Å². The fourth-order valence-electron chi connectivity index (χ4n) is 2.17. The number of carbonyl (C=O) groups excluding carboxylic acids is 1. The van der Waals surface area contributed by atoms with Crippen LogP contribution in [0.15, 0.2) is 103 Å². The number of hydrogen-bond acceptors (Lipinski definition) is 2. The van der Waals surface area contributed by atoms with Crippen LogP contribution in [0.3, 0.4) is 0 Å². The third kappa shape index (κ3) is 7.80. The minimum Gasteiger partial charge on any atom is -0.478 e. The van der Waals surface area contributed by atoms with E-state index in [1.807, 2.05) is 97.1 Å². The molecule has 3 aromatic carbocycles. The number of aliphatic carboxylic acids is 1. The van der Waals surface area contributed by atoms with Crippen LogP contribution in [0, 0.1) is 0 Å². The van der Waals surface area contributed by atoms with Crippen molar-refractivity contribution < 1.29 is 14.7 Å². The average molecular weight is 356 g/mol. The summed E-state index contributed by atoms with van der Waals surface area (Å²) in [5.41, 5.74) is 2.65. The SMILES string of the molecule is O=C(C=Cc1ccccc1)c1ccccc1.O=C(O)C=Cc1ccccc1. The molecule has 0 aliphatic heterocycles. The first-order valence-electron chi connectivity index (χ1n) is 8.44. The molecule has 1 N–H and O–H groups in total. The summed E-state index contributed by atoms with van der Waals surface area (Å²) in [6.45, 7) is 0. The van der Waals surface area contributed by atoms with Crippen LogP contribution >= 0.6 is 0 Å². The number of rotatable bonds is 5. The van der Waals surface area contributed by atoms with Crippen LogP contribution in [-0.2, 0) is 4.79 Å². The zero-order chi connectivity index (χ0) is 19.3. The highest BCUT2D eigenvalue weighted by molar-refractivity contribution is 6.06. The predicted molar refractivity (Wildman–Crippen MR) is 109 cm³/mol. The number of ketones is 1. The van der Waals surface area contributed by atoms with Gasteiger partial charge in [-0.3, -0.25) is 4.79 Å². The molecule has 3 aromatic rings. The second-order valence-electron chi connectivity index (χ2n) is 5.56. The van der Waals surface area contributed by atoms with Gasteiger partial charge in [0.2, 0.25) is 0 Å². The molecule has 27 heavy (non-hydrogen) atoms. The van der Waals surface area contributed by atoms with Crippen LogP contribution in [0.2, 0.25) is 0 Å². The maximum atomic E-state index is 11.7. The molecule has 0 saturated heterocycles. The molecule has 0 aromatic heterocycles. The fraction of sp³-hybridized carbons (Fsp3) is 0. The lowest BCUT2D eigenvalue weighted by Gasteiger charge is -1.94. The molecule has 0 saturated carbocycles. The van der Waals surface area contributed by atoms with Gasteiger partial charge in [0, 0.05) is 11.6 Å². The lowest BCUT2D eigenvalue weighted by atomic mass is 10.1. The Hall–Kier alpha value is -3.72. The van der Waals surface area contributed by atoms with E-state index in [-0.39, 0.29) is 5.78 Å². The van der Waals surface area contributed by atoms with E-state index in [0.717, 1.165) is 22.8 Å². The van der Waals surface area contributed by atoms with E-state index >= 15 is 0 Å². The Balaban J connectivity index is 0.000000208. The topological polar surface area (TPSA) is 54.4 Å². The quantitative estimate of drug-likeness (QED) is 0.494. The monoisotopic (exact) mass is 356 g/mol. The molecule has 3 rings (SSSR count). The smallest absolute Gasteiger partial charge is 0.328 e. The van der Waals surface area contributed by atoms with Crippen molar-refractivity contribution in [1.29, 1.82) is 0 Å². The van der Waals surface area contributed by atoms with Gasteiger partial charge in [-0.2, -0.15) is 0 Å². The van der Waals surface area contributed by atoms with Gasteiger partial charge >= 0.3 is 5.97 Å². The van der Waals surface area contributed by atoms with Crippen molar-refractivity contribution in [2.75, 3.05) is 0 Å². The van der Waals surface area contributed by atoms with Gasteiger partial charge in [0.05, 0.1) is 0 Å². The molecule has 0 aliphatic carbocycles. The number of carbonyl (C=O) groups is 2. The van der Waals surface area contributed by atoms with E-state index in [2.05, 4.69) is 0 Å². The molecule has 0 bridgehead atoms. The number of hydrogen-bond donors (Lipinski definition) is 1. The van der Waals surface area contributed by atoms with Gasteiger partial charge in [-0.1, -0.05) is 97.1 Å². The standard InChI is InChI=1S/C15H12O.C9H8O2/c16-15(14-9-5-2-6-10-14)12-11-13-7-3-1-4-8-13;10-9(11)7-6-8-4-2-1-3-5-8/h1-12H;1-7H,(H,10,11). The molecule has 0 spiro atoms. The van der Waals surface area contributed by atoms with Crippen molar-refractivity contribution in [3.63, 3.8) is 0 Å². The summed E-state index contributed by atoms with van der Waals surface area (Å²) in [5.74, 6) is -0.890. The summed E-state index contributed by atoms with van der Waals surface area (Å²) in [6, 6.07) is 28.4. The first-order valence-corrected chi connectivity index (χ1v) is 8.44. The molecular formula is C24H20O3. The highest BCUT2D eigenvalue weighted by atomic mass is 16.4. The first-order chi connectivity index (χ1) is 13.1. The van der Waals surface area contributed by atoms with Gasteiger partial charge < -0.3 is 5.11 Å². The van der Waals surface area contributed by atoms with E-state index in [1.165, 1.54) is 0 Å². The molecule has 0 atom stereocenters. The molecule has 0 amide bonds. The van der Waals surface area contributed by atoms with Crippen LogP contribution in [0.1, 0.15) is 21.5 Å². The summed E-state index contributed by atoms with van der Waals surface area (Å²) < 4.78 is 0. The summed E-state index contributed by atoms with van der Waals surface area (Å²) in [6.07, 6.45) is 6.11. The molecular weight excluding hydrogens is 336 g/mol. The Morgan fingerprint density at radius 3 is 1.44 bits per heavy atom. The number of benzene rings is 3. The number of carboxylic acids is 1. The Kier molecular flexibility index (Phi) is 7.99. The minimum atomic E-state index is -0.922. The van der Waals surface area contributed by atoms with Crippen molar-refractivity contribution >= 4 is 23.9 Å². The molecule has 0 radical (unpaired) electrons. The summed E-state index contributed by atoms with van der Waals surface area (Å²) in [5, 5.41) is 8.29. The van der Waals surface area contributed by atoms with Crippen LogP contribution in [-0.4, -0.2) is 16.9 Å². The van der Waals surface area contributed by atoms with E-state index in [1.54, 1.807) is 12.2 Å². The molecule has 0 unspecified atom stereocenters. The Morgan fingerprint density at radius 1 is 0.593 bits per heavy atom. The summed E-state index contributed by atoms with van der Waals surface area (Å²) >= 11 is 0. The van der Waals surface area contributed by atoms with Gasteiger partial charge in [0.15, 0.2) is 5.78 Å². The van der Waals surface area contributed by atoms with Crippen LogP contribution in [0.25, 0.3) is 12.2 Å². The maximum Gasteiger partial charge on any atom is 0.328 e. The van der Waals surface area contributed by atoms with E-state index in [0.29, 0.717) is 0 Å². The Morgan fingerprint density at radius 2 is 1.00 bits per heavy atom. The van der Waals surface area contributed by atoms with Gasteiger partial charge in [0.25, 0.3) is 0 Å². The maximum absolute atomic E-state index is 11.7. The summed E-state index contributed by atoms with van der Waals surface area (Å²) in [7, 11) is 0. The molecule has 3 nitrogen and oxygen atoms in total. The second-order valence-corrected chi connectivity index (χ2v) is 5.56. The van der Waals surface area contributed by atoms with Crippen molar-refractivity contribution in [1.82, 2.24) is 0 Å². The molecule has 0 fully saturated rings. The highest BCUT2D eigenvalue weighted by Gasteiger charge is 1.98. The van der Waals surface area contributed by atoms with Crippen LogP contribution < -0.4 is 0 Å². The largest absolute Gasteiger partial charge is 0.478 e. The summed E-state index contributed by atoms with van der Waals surface area (Å²) in [4.78, 5) is 21.8. The first kappa shape index (κ1) is 19.6. The zero-order valence-corrected chi connectivity index (χ0v) is 14.7. The molecule has 0 heterocycles. The van der Waals surface area contributed by atoms with Gasteiger partial charge in [0.1, 0.15) is 0 Å². The lowest BCUT2D eigenvalue weighted by Crippen LogP contribution is -1.92. The normalized spacial score (nSPS) is 10.4. The minimum absolute atomic E-state index is 0.0319. The average Bonchev–Trinajstić information content (AvgIpc) is 2.73. The lowest BCUT2D eigenvalue weighted by molar-refractivity contribution is -0.131. The van der Waals surface area contributed by atoms with E-state index in [9.17, 15) is 9.59 Å². The fourth-order valence-corrected chi connectivity index (χ4v) is 2.17. The van der Waals surface area contributed by atoms with Gasteiger partial charge in [-0.25, -0.2) is 4.79 Å². The van der Waals surface area contributed by atoms with Crippen LogP contribution in [0.4, 0.5) is 0 Å². The third-order valence-electron chi connectivity index (χ3n) is 3.50. The number of allylic oxidation sites excluding steroid dienone is 1. The van der Waals surface area contributed by atoms with Crippen LogP contribution in [0.5, 0.6) is 0 Å². The second kappa shape index (κ2) is 11.0. The van der Waals surface area contributed by atoms with Crippen molar-refractivity contribution in [3.8, 4) is 0 Å². The molecule has 3 heteroatoms. The van der Waals surface area contributed by atoms with Crippen molar-refractivity contribution in [2.24, 2.45) is 0 Å². The van der Waals surface area contributed by atoms with Gasteiger partial charge in [-0.15, -0.1) is 0 Å². The predicted octanol–water partition coefficient (Wildman–Crippen LogP) is 5.37. The van der Waals surface area contributed by atoms with Crippen molar-refractivity contribution in [3.05, 3.63) is 120 Å². The highest BCUT2D eigenvalue weighted by Crippen LogP contribution is 2.05. The van der Waals surface area contributed by atoms with Crippen molar-refractivity contribution in [2.45, 2.75) is 0 Å². The Bertz CT molecular complexity index is 896.